The first-order chi connectivity index (χ1) is 9.89. The van der Waals surface area contributed by atoms with Crippen molar-refractivity contribution in [1.29, 1.82) is 0 Å². The average Bonchev–Trinajstić information content (AvgIpc) is 3.19. The van der Waals surface area contributed by atoms with Crippen molar-refractivity contribution in [1.82, 2.24) is 5.32 Å². The number of rotatable bonds is 7. The summed E-state index contributed by atoms with van der Waals surface area (Å²) in [5, 5.41) is 3.80. The van der Waals surface area contributed by atoms with Gasteiger partial charge in [-0.3, -0.25) is 0 Å². The van der Waals surface area contributed by atoms with Crippen molar-refractivity contribution in [3.8, 4) is 0 Å². The molecule has 2 nitrogen and oxygen atoms in total. The Balaban J connectivity index is 2.20. The molecule has 1 saturated carbocycles. The van der Waals surface area contributed by atoms with Crippen LogP contribution in [0.4, 0.5) is 18.9 Å². The Morgan fingerprint density at radius 1 is 1.33 bits per heavy atom. The lowest BCUT2D eigenvalue weighted by molar-refractivity contribution is -0.119. The summed E-state index contributed by atoms with van der Waals surface area (Å²) in [6, 6.07) is 5.68. The Bertz CT molecular complexity index is 472. The van der Waals surface area contributed by atoms with E-state index in [4.69, 9.17) is 11.6 Å². The summed E-state index contributed by atoms with van der Waals surface area (Å²) in [4.78, 5) is 1.37. The molecule has 0 spiro atoms. The first-order valence-electron chi connectivity index (χ1n) is 7.22. The van der Waals surface area contributed by atoms with Crippen molar-refractivity contribution in [2.45, 2.75) is 44.9 Å². The van der Waals surface area contributed by atoms with Gasteiger partial charge in [0.25, 0.3) is 0 Å². The molecule has 1 aliphatic carbocycles. The van der Waals surface area contributed by atoms with E-state index in [0.717, 1.165) is 18.4 Å². The van der Waals surface area contributed by atoms with Gasteiger partial charge in [0.2, 0.25) is 0 Å². The summed E-state index contributed by atoms with van der Waals surface area (Å²) < 4.78 is 38.3. The van der Waals surface area contributed by atoms with E-state index in [1.54, 1.807) is 12.1 Å². The second kappa shape index (κ2) is 6.88. The minimum Gasteiger partial charge on any atom is -0.362 e. The predicted octanol–water partition coefficient (Wildman–Crippen LogP) is 4.37. The van der Waals surface area contributed by atoms with E-state index < -0.39 is 12.7 Å². The Kier molecular flexibility index (Phi) is 5.38. The lowest BCUT2D eigenvalue weighted by Crippen LogP contribution is -2.35. The smallest absolute Gasteiger partial charge is 0.362 e. The molecule has 0 bridgehead atoms. The molecule has 0 radical (unpaired) electrons. The third kappa shape index (κ3) is 5.40. The normalized spacial score (nSPS) is 15.3. The van der Waals surface area contributed by atoms with E-state index in [9.17, 15) is 13.2 Å². The summed E-state index contributed by atoms with van der Waals surface area (Å²) in [5.41, 5.74) is 1.44. The van der Waals surface area contributed by atoms with E-state index in [1.165, 1.54) is 4.90 Å². The molecule has 0 unspecified atom stereocenters. The maximum absolute atomic E-state index is 12.8. The highest BCUT2D eigenvalue weighted by atomic mass is 35.5. The van der Waals surface area contributed by atoms with Gasteiger partial charge in [-0.15, -0.1) is 0 Å². The van der Waals surface area contributed by atoms with Crippen LogP contribution in [-0.4, -0.2) is 25.3 Å². The summed E-state index contributed by atoms with van der Waals surface area (Å²) in [6.07, 6.45) is -1.29. The SMILES string of the molecule is CCCN(CC(F)(F)F)c1cc(Cl)ccc1CNC1CC1. The van der Waals surface area contributed by atoms with Crippen molar-refractivity contribution in [2.75, 3.05) is 18.0 Å². The van der Waals surface area contributed by atoms with E-state index >= 15 is 0 Å². The number of benzene rings is 1. The monoisotopic (exact) mass is 320 g/mol. The summed E-state index contributed by atoms with van der Waals surface area (Å²) in [7, 11) is 0. The van der Waals surface area contributed by atoms with Gasteiger partial charge < -0.3 is 10.2 Å². The van der Waals surface area contributed by atoms with E-state index in [2.05, 4.69) is 5.32 Å². The molecule has 6 heteroatoms. The highest BCUT2D eigenvalue weighted by molar-refractivity contribution is 6.30. The van der Waals surface area contributed by atoms with Crippen LogP contribution in [0.3, 0.4) is 0 Å². The molecule has 0 aliphatic heterocycles. The molecule has 118 valence electrons. The van der Waals surface area contributed by atoms with Gasteiger partial charge in [0.15, 0.2) is 0 Å². The molecular formula is C15H20ClF3N2. The van der Waals surface area contributed by atoms with Crippen LogP contribution in [0.2, 0.25) is 5.02 Å². The molecule has 21 heavy (non-hydrogen) atoms. The second-order valence-corrected chi connectivity index (χ2v) is 5.90. The third-order valence-corrected chi connectivity index (χ3v) is 3.65. The zero-order valence-electron chi connectivity index (χ0n) is 12.0. The van der Waals surface area contributed by atoms with Crippen LogP contribution in [-0.2, 0) is 6.54 Å². The molecule has 0 aromatic heterocycles. The predicted molar refractivity (Wildman–Crippen MR) is 79.9 cm³/mol. The van der Waals surface area contributed by atoms with Crippen LogP contribution >= 0.6 is 11.6 Å². The van der Waals surface area contributed by atoms with E-state index in [1.807, 2.05) is 13.0 Å². The van der Waals surface area contributed by atoms with Gasteiger partial charge in [-0.25, -0.2) is 0 Å². The van der Waals surface area contributed by atoms with Crippen molar-refractivity contribution in [3.63, 3.8) is 0 Å². The molecule has 1 aromatic rings. The Hall–Kier alpha value is -0.940. The number of halogens is 4. The molecule has 0 saturated heterocycles. The quantitative estimate of drug-likeness (QED) is 0.802. The molecule has 0 amide bonds. The van der Waals surface area contributed by atoms with E-state index in [-0.39, 0.29) is 0 Å². The van der Waals surface area contributed by atoms with Crippen LogP contribution in [0, 0.1) is 0 Å². The molecule has 1 aromatic carbocycles. The molecule has 1 fully saturated rings. The van der Waals surface area contributed by atoms with Crippen molar-refractivity contribution < 1.29 is 13.2 Å². The lowest BCUT2D eigenvalue weighted by Gasteiger charge is -2.28. The summed E-state index contributed by atoms with van der Waals surface area (Å²) in [6.45, 7) is 1.86. The molecule has 1 N–H and O–H groups in total. The molecule has 2 rings (SSSR count). The summed E-state index contributed by atoms with van der Waals surface area (Å²) in [5.74, 6) is 0. The van der Waals surface area contributed by atoms with Crippen LogP contribution in [0.5, 0.6) is 0 Å². The Morgan fingerprint density at radius 3 is 2.62 bits per heavy atom. The summed E-state index contributed by atoms with van der Waals surface area (Å²) >= 11 is 5.98. The van der Waals surface area contributed by atoms with Crippen LogP contribution in [0.1, 0.15) is 31.7 Å². The van der Waals surface area contributed by atoms with Crippen LogP contribution in [0.15, 0.2) is 18.2 Å². The van der Waals surface area contributed by atoms with Crippen molar-refractivity contribution in [3.05, 3.63) is 28.8 Å². The molecular weight excluding hydrogens is 301 g/mol. The number of alkyl halides is 3. The van der Waals surface area contributed by atoms with Gasteiger partial charge in [-0.05, 0) is 37.0 Å². The first kappa shape index (κ1) is 16.4. The average molecular weight is 321 g/mol. The minimum absolute atomic E-state index is 0.357. The number of hydrogen-bond donors (Lipinski definition) is 1. The van der Waals surface area contributed by atoms with Gasteiger partial charge in [0, 0.05) is 29.8 Å². The zero-order valence-corrected chi connectivity index (χ0v) is 12.8. The van der Waals surface area contributed by atoms with Crippen molar-refractivity contribution >= 4 is 17.3 Å². The van der Waals surface area contributed by atoms with Crippen molar-refractivity contribution in [2.24, 2.45) is 0 Å². The highest BCUT2D eigenvalue weighted by Gasteiger charge is 2.31. The van der Waals surface area contributed by atoms with Crippen LogP contribution in [0.25, 0.3) is 0 Å². The highest BCUT2D eigenvalue weighted by Crippen LogP contribution is 2.29. The largest absolute Gasteiger partial charge is 0.405 e. The van der Waals surface area contributed by atoms with Gasteiger partial charge in [-0.1, -0.05) is 24.6 Å². The van der Waals surface area contributed by atoms with Crippen LogP contribution < -0.4 is 10.2 Å². The fourth-order valence-electron chi connectivity index (χ4n) is 2.29. The maximum atomic E-state index is 12.8. The second-order valence-electron chi connectivity index (χ2n) is 5.46. The zero-order chi connectivity index (χ0) is 15.5. The molecule has 0 atom stereocenters. The Morgan fingerprint density at radius 2 is 2.05 bits per heavy atom. The van der Waals surface area contributed by atoms with Gasteiger partial charge in [-0.2, -0.15) is 13.2 Å². The fraction of sp³-hybridized carbons (Fsp3) is 0.600. The Labute approximate surface area is 128 Å². The fourth-order valence-corrected chi connectivity index (χ4v) is 2.46. The third-order valence-electron chi connectivity index (χ3n) is 3.41. The molecule has 0 heterocycles. The lowest BCUT2D eigenvalue weighted by atomic mass is 10.1. The minimum atomic E-state index is -4.22. The first-order valence-corrected chi connectivity index (χ1v) is 7.60. The topological polar surface area (TPSA) is 15.3 Å². The van der Waals surface area contributed by atoms with Gasteiger partial charge in [0.1, 0.15) is 6.54 Å². The van der Waals surface area contributed by atoms with E-state index in [0.29, 0.717) is 36.3 Å². The number of nitrogens with zero attached hydrogens (tertiary/aromatic N) is 1. The standard InChI is InChI=1S/C15H20ClF3N2/c1-2-7-21(10-15(17,18)19)14-8-12(16)4-3-11(14)9-20-13-5-6-13/h3-4,8,13,20H,2,5-7,9-10H2,1H3. The number of hydrogen-bond acceptors (Lipinski definition) is 2. The number of anilines is 1. The van der Waals surface area contributed by atoms with Gasteiger partial charge >= 0.3 is 6.18 Å². The maximum Gasteiger partial charge on any atom is 0.405 e. The number of nitrogens with one attached hydrogen (secondary N) is 1. The van der Waals surface area contributed by atoms with Gasteiger partial charge in [0.05, 0.1) is 0 Å². The molecule has 1 aliphatic rings.